The predicted octanol–water partition coefficient (Wildman–Crippen LogP) is 1.54. The maximum Gasteiger partial charge on any atom is 0.341 e. The van der Waals surface area contributed by atoms with Crippen molar-refractivity contribution in [3.05, 3.63) is 29.6 Å². The Morgan fingerprint density at radius 2 is 1.80 bits per heavy atom. The summed E-state index contributed by atoms with van der Waals surface area (Å²) in [6.45, 7) is 6.62. The Balaban J connectivity index is 3.05. The summed E-state index contributed by atoms with van der Waals surface area (Å²) in [6.07, 6.45) is -1.17. The van der Waals surface area contributed by atoms with E-state index in [0.717, 1.165) is 22.5 Å². The van der Waals surface area contributed by atoms with Crippen molar-refractivity contribution in [3.8, 4) is 0 Å². The average Bonchev–Trinajstić information content (AvgIpc) is 2.45. The highest BCUT2D eigenvalue weighted by molar-refractivity contribution is 7.89. The van der Waals surface area contributed by atoms with Gasteiger partial charge >= 0.3 is 5.97 Å². The van der Waals surface area contributed by atoms with Gasteiger partial charge in [0.05, 0.1) is 10.5 Å². The zero-order valence-electron chi connectivity index (χ0n) is 15.1. The second-order valence-electron chi connectivity index (χ2n) is 6.72. The number of halogens is 1. The minimum atomic E-state index is -3.84. The lowest BCUT2D eigenvalue weighted by atomic mass is 10.1. The Labute approximate surface area is 147 Å². The van der Waals surface area contributed by atoms with Crippen molar-refractivity contribution in [2.45, 2.75) is 44.2 Å². The van der Waals surface area contributed by atoms with Crippen molar-refractivity contribution in [1.29, 1.82) is 0 Å². The minimum Gasteiger partial charge on any atom is -0.449 e. The van der Waals surface area contributed by atoms with Crippen LogP contribution >= 0.6 is 0 Å². The third-order valence-corrected chi connectivity index (χ3v) is 4.90. The number of esters is 1. The fourth-order valence-corrected chi connectivity index (χ4v) is 2.71. The molecule has 0 fully saturated rings. The smallest absolute Gasteiger partial charge is 0.341 e. The number of ether oxygens (including phenoxy) is 1. The second kappa shape index (κ2) is 7.49. The Kier molecular flexibility index (Phi) is 6.30. The molecule has 7 nitrogen and oxygen atoms in total. The van der Waals surface area contributed by atoms with Gasteiger partial charge < -0.3 is 10.1 Å². The highest BCUT2D eigenvalue weighted by Gasteiger charge is 2.26. The number of sulfonamides is 1. The van der Waals surface area contributed by atoms with Crippen LogP contribution in [0.25, 0.3) is 0 Å². The van der Waals surface area contributed by atoms with Crippen LogP contribution in [-0.4, -0.2) is 50.3 Å². The predicted molar refractivity (Wildman–Crippen MR) is 90.0 cm³/mol. The van der Waals surface area contributed by atoms with Gasteiger partial charge in [-0.15, -0.1) is 0 Å². The van der Waals surface area contributed by atoms with Gasteiger partial charge in [-0.05, 0) is 45.9 Å². The highest BCUT2D eigenvalue weighted by Crippen LogP contribution is 2.19. The van der Waals surface area contributed by atoms with E-state index in [1.165, 1.54) is 21.0 Å². The van der Waals surface area contributed by atoms with Crippen molar-refractivity contribution in [2.75, 3.05) is 14.1 Å². The van der Waals surface area contributed by atoms with E-state index in [9.17, 15) is 22.4 Å². The molecule has 1 atom stereocenters. The molecular formula is C16H23FN2O5S. The van der Waals surface area contributed by atoms with Crippen LogP contribution in [0.3, 0.4) is 0 Å². The summed E-state index contributed by atoms with van der Waals surface area (Å²) in [7, 11) is -1.21. The molecule has 25 heavy (non-hydrogen) atoms. The Morgan fingerprint density at radius 1 is 1.24 bits per heavy atom. The van der Waals surface area contributed by atoms with Crippen LogP contribution in [0.4, 0.5) is 4.39 Å². The van der Waals surface area contributed by atoms with E-state index < -0.39 is 44.9 Å². The van der Waals surface area contributed by atoms with Gasteiger partial charge in [0.1, 0.15) is 5.82 Å². The summed E-state index contributed by atoms with van der Waals surface area (Å²) < 4.78 is 44.0. The minimum absolute atomic E-state index is 0.252. The molecule has 0 radical (unpaired) electrons. The summed E-state index contributed by atoms with van der Waals surface area (Å²) in [5.74, 6) is -2.60. The van der Waals surface area contributed by atoms with Crippen molar-refractivity contribution in [2.24, 2.45) is 0 Å². The second-order valence-corrected chi connectivity index (χ2v) is 8.87. The molecule has 0 spiro atoms. The standard InChI is InChI=1S/C16H23FN2O5S/c1-10(14(20)18-16(2,3)4)24-15(21)12-9-11(7-8-13(12)17)25(22,23)19(5)6/h7-10H,1-6H3,(H,18,20). The number of carbonyl (C=O) groups excluding carboxylic acids is 2. The van der Waals surface area contributed by atoms with Gasteiger partial charge in [0.2, 0.25) is 10.0 Å². The molecule has 0 saturated heterocycles. The van der Waals surface area contributed by atoms with Gasteiger partial charge in [0.25, 0.3) is 5.91 Å². The average molecular weight is 374 g/mol. The lowest BCUT2D eigenvalue weighted by molar-refractivity contribution is -0.130. The van der Waals surface area contributed by atoms with Crippen LogP contribution in [0.1, 0.15) is 38.1 Å². The van der Waals surface area contributed by atoms with Gasteiger partial charge in [-0.25, -0.2) is 21.9 Å². The third-order valence-electron chi connectivity index (χ3n) is 3.09. The van der Waals surface area contributed by atoms with Crippen molar-refractivity contribution in [1.82, 2.24) is 9.62 Å². The van der Waals surface area contributed by atoms with Crippen LogP contribution in [0.15, 0.2) is 23.1 Å². The molecule has 0 saturated carbocycles. The lowest BCUT2D eigenvalue weighted by Gasteiger charge is -2.23. The first-order valence-electron chi connectivity index (χ1n) is 7.51. The number of rotatable bonds is 5. The first kappa shape index (κ1) is 21.0. The maximum absolute atomic E-state index is 13.9. The first-order valence-corrected chi connectivity index (χ1v) is 8.95. The molecule has 1 unspecified atom stereocenters. The topological polar surface area (TPSA) is 92.8 Å². The van der Waals surface area contributed by atoms with Crippen molar-refractivity contribution in [3.63, 3.8) is 0 Å². The molecular weight excluding hydrogens is 351 g/mol. The third kappa shape index (κ3) is 5.50. The van der Waals surface area contributed by atoms with E-state index in [1.54, 1.807) is 20.8 Å². The summed E-state index contributed by atoms with van der Waals surface area (Å²) in [6, 6.07) is 2.81. The number of amides is 1. The number of carbonyl (C=O) groups is 2. The molecule has 1 aromatic carbocycles. The zero-order chi connectivity index (χ0) is 19.6. The molecule has 0 aliphatic heterocycles. The van der Waals surface area contributed by atoms with E-state index in [-0.39, 0.29) is 4.90 Å². The van der Waals surface area contributed by atoms with Gasteiger partial charge in [0.15, 0.2) is 6.10 Å². The first-order chi connectivity index (χ1) is 11.3. The van der Waals surface area contributed by atoms with Crippen LogP contribution < -0.4 is 5.32 Å². The Morgan fingerprint density at radius 3 is 2.28 bits per heavy atom. The van der Waals surface area contributed by atoms with Crippen LogP contribution in [-0.2, 0) is 19.6 Å². The normalized spacial score (nSPS) is 13.4. The molecule has 9 heteroatoms. The molecule has 0 bridgehead atoms. The van der Waals surface area contributed by atoms with E-state index in [0.29, 0.717) is 0 Å². The monoisotopic (exact) mass is 374 g/mol. The van der Waals surface area contributed by atoms with Crippen molar-refractivity contribution < 1.29 is 27.1 Å². The van der Waals surface area contributed by atoms with Crippen LogP contribution in [0.2, 0.25) is 0 Å². The van der Waals surface area contributed by atoms with Gasteiger partial charge in [-0.3, -0.25) is 4.79 Å². The maximum atomic E-state index is 13.9. The number of nitrogens with zero attached hydrogens (tertiary/aromatic N) is 1. The Hall–Kier alpha value is -2.00. The molecule has 0 aliphatic carbocycles. The molecule has 1 rings (SSSR count). The van der Waals surface area contributed by atoms with E-state index in [2.05, 4.69) is 5.32 Å². The largest absolute Gasteiger partial charge is 0.449 e. The van der Waals surface area contributed by atoms with E-state index in [4.69, 9.17) is 4.74 Å². The molecule has 0 aliphatic rings. The SMILES string of the molecule is CC(OC(=O)c1cc(S(=O)(=O)N(C)C)ccc1F)C(=O)NC(C)(C)C. The molecule has 140 valence electrons. The zero-order valence-corrected chi connectivity index (χ0v) is 15.9. The van der Waals surface area contributed by atoms with Gasteiger partial charge in [0, 0.05) is 19.6 Å². The van der Waals surface area contributed by atoms with Crippen LogP contribution in [0.5, 0.6) is 0 Å². The van der Waals surface area contributed by atoms with E-state index in [1.807, 2.05) is 0 Å². The van der Waals surface area contributed by atoms with Gasteiger partial charge in [-0.2, -0.15) is 0 Å². The molecule has 0 aromatic heterocycles. The molecule has 1 N–H and O–H groups in total. The molecule has 0 heterocycles. The summed E-state index contributed by atoms with van der Waals surface area (Å²) in [5, 5.41) is 2.63. The summed E-state index contributed by atoms with van der Waals surface area (Å²) >= 11 is 0. The Bertz CT molecular complexity index is 769. The summed E-state index contributed by atoms with van der Waals surface area (Å²) in [5.41, 5.74) is -1.08. The van der Waals surface area contributed by atoms with Gasteiger partial charge in [-0.1, -0.05) is 0 Å². The fraction of sp³-hybridized carbons (Fsp3) is 0.500. The molecule has 1 aromatic rings. The fourth-order valence-electron chi connectivity index (χ4n) is 1.78. The van der Waals surface area contributed by atoms with Crippen LogP contribution in [0, 0.1) is 5.82 Å². The number of benzene rings is 1. The summed E-state index contributed by atoms with van der Waals surface area (Å²) in [4.78, 5) is 23.8. The molecule has 1 amide bonds. The lowest BCUT2D eigenvalue weighted by Crippen LogP contribution is -2.46. The van der Waals surface area contributed by atoms with E-state index >= 15 is 0 Å². The quantitative estimate of drug-likeness (QED) is 0.789. The highest BCUT2D eigenvalue weighted by atomic mass is 32.2. The van der Waals surface area contributed by atoms with Crippen molar-refractivity contribution >= 4 is 21.9 Å². The number of hydrogen-bond donors (Lipinski definition) is 1. The number of nitrogens with one attached hydrogen (secondary N) is 1. The number of hydrogen-bond acceptors (Lipinski definition) is 5.